The van der Waals surface area contributed by atoms with Gasteiger partial charge in [-0.25, -0.2) is 0 Å². The predicted molar refractivity (Wildman–Crippen MR) is 169 cm³/mol. The first-order valence-corrected chi connectivity index (χ1v) is 15.5. The highest BCUT2D eigenvalue weighted by atomic mass is 16.3. The van der Waals surface area contributed by atoms with Crippen molar-refractivity contribution in [1.82, 2.24) is 4.90 Å². The van der Waals surface area contributed by atoms with Crippen molar-refractivity contribution < 1.29 is 24.6 Å². The fraction of sp³-hybridized carbons (Fsp3) is 0.361. The van der Waals surface area contributed by atoms with Crippen LogP contribution in [0.15, 0.2) is 84.9 Å². The summed E-state index contributed by atoms with van der Waals surface area (Å²) in [6.45, 7) is 3.12. The Morgan fingerprint density at radius 3 is 2.48 bits per heavy atom. The minimum Gasteiger partial charge on any atom is -0.394 e. The minimum absolute atomic E-state index is 0.102. The Morgan fingerprint density at radius 1 is 1.00 bits per heavy atom. The lowest BCUT2D eigenvalue weighted by molar-refractivity contribution is -0.139. The number of aliphatic hydroxyl groups excluding tert-OH is 1. The number of fused-ring (bicyclic) bond motifs is 2. The highest BCUT2D eigenvalue weighted by Crippen LogP contribution is 2.45. The van der Waals surface area contributed by atoms with Crippen LogP contribution in [-0.4, -0.2) is 52.0 Å². The molecule has 6 rings (SSSR count). The van der Waals surface area contributed by atoms with Crippen molar-refractivity contribution >= 4 is 29.1 Å². The summed E-state index contributed by atoms with van der Waals surface area (Å²) in [6.07, 6.45) is 6.65. The number of piperidine rings is 1. The van der Waals surface area contributed by atoms with Crippen LogP contribution in [0.3, 0.4) is 0 Å². The number of anilines is 2. The molecule has 3 aromatic carbocycles. The maximum absolute atomic E-state index is 13.9. The molecule has 8 heteroatoms. The van der Waals surface area contributed by atoms with E-state index in [4.69, 9.17) is 0 Å². The van der Waals surface area contributed by atoms with Crippen molar-refractivity contribution in [2.24, 2.45) is 5.92 Å². The molecule has 3 aromatic rings. The molecule has 0 spiro atoms. The van der Waals surface area contributed by atoms with Gasteiger partial charge >= 0.3 is 0 Å². The lowest BCUT2D eigenvalue weighted by atomic mass is 9.83. The molecule has 3 atom stereocenters. The lowest BCUT2D eigenvalue weighted by Crippen LogP contribution is -2.46. The second-order valence-electron chi connectivity index (χ2n) is 12.1. The summed E-state index contributed by atoms with van der Waals surface area (Å²) >= 11 is 0. The quantitative estimate of drug-likeness (QED) is 0.376. The Labute approximate surface area is 258 Å². The molecule has 0 aliphatic carbocycles. The van der Waals surface area contributed by atoms with Crippen molar-refractivity contribution in [3.05, 3.63) is 107 Å². The molecule has 0 radical (unpaired) electrons. The molecule has 0 unspecified atom stereocenters. The van der Waals surface area contributed by atoms with Gasteiger partial charge in [0, 0.05) is 43.1 Å². The van der Waals surface area contributed by atoms with E-state index in [1.807, 2.05) is 71.6 Å². The maximum atomic E-state index is 13.9. The molecule has 3 heterocycles. The molecule has 3 aliphatic rings. The Bertz CT molecular complexity index is 1580. The second kappa shape index (κ2) is 12.4. The number of benzene rings is 3. The fourth-order valence-electron chi connectivity index (χ4n) is 6.77. The molecule has 0 bridgehead atoms. The van der Waals surface area contributed by atoms with Gasteiger partial charge in [-0.1, -0.05) is 73.7 Å². The van der Waals surface area contributed by atoms with E-state index in [1.54, 1.807) is 34.9 Å². The highest BCUT2D eigenvalue weighted by Gasteiger charge is 2.52. The number of rotatable bonds is 8. The average molecular weight is 594 g/mol. The first-order valence-electron chi connectivity index (χ1n) is 15.5. The minimum atomic E-state index is -1.78. The number of carbonyl (C=O) groups excluding carboxylic acids is 3. The van der Waals surface area contributed by atoms with E-state index in [2.05, 4.69) is 0 Å². The normalized spacial score (nSPS) is 22.3. The molecular weight excluding hydrogens is 554 g/mol. The Balaban J connectivity index is 1.15. The zero-order valence-electron chi connectivity index (χ0n) is 25.1. The fourth-order valence-corrected chi connectivity index (χ4v) is 6.77. The molecule has 3 amide bonds. The van der Waals surface area contributed by atoms with Crippen LogP contribution < -0.4 is 9.80 Å². The largest absolute Gasteiger partial charge is 0.394 e. The predicted octanol–water partition coefficient (Wildman–Crippen LogP) is 4.47. The molecule has 44 heavy (non-hydrogen) atoms. The topological polar surface area (TPSA) is 101 Å². The van der Waals surface area contributed by atoms with E-state index in [0.717, 1.165) is 35.2 Å². The van der Waals surface area contributed by atoms with E-state index in [9.17, 15) is 24.6 Å². The standard InChI is InChI=1S/C36H39N3O5/c1-25(9-8-15-34(42)38-23-28-11-3-2-10-27(28)21-30(38)24-40)36(44)31-12-4-5-13-32(31)39(35(36)43)22-26-16-18-29(19-17-26)37-20-7-6-14-33(37)41/h2-5,8-13,16-19,25,30,40,44H,6-7,14-15,20-24H2,1H3/b9-8+/t25-,30-,36+/m0/s1. The van der Waals surface area contributed by atoms with Crippen molar-refractivity contribution in [3.63, 3.8) is 0 Å². The molecule has 228 valence electrons. The Kier molecular flexibility index (Phi) is 8.38. The van der Waals surface area contributed by atoms with E-state index >= 15 is 0 Å². The zero-order chi connectivity index (χ0) is 30.8. The summed E-state index contributed by atoms with van der Waals surface area (Å²) < 4.78 is 0. The average Bonchev–Trinajstić information content (AvgIpc) is 3.27. The summed E-state index contributed by atoms with van der Waals surface area (Å²) in [5, 5.41) is 21.9. The lowest BCUT2D eigenvalue weighted by Gasteiger charge is -2.36. The van der Waals surface area contributed by atoms with Crippen LogP contribution in [0, 0.1) is 5.92 Å². The molecule has 2 N–H and O–H groups in total. The van der Waals surface area contributed by atoms with E-state index < -0.39 is 17.4 Å². The van der Waals surface area contributed by atoms with Crippen molar-refractivity contribution in [1.29, 1.82) is 0 Å². The van der Waals surface area contributed by atoms with Crippen LogP contribution in [-0.2, 0) is 39.5 Å². The smallest absolute Gasteiger partial charge is 0.264 e. The molecular formula is C36H39N3O5. The van der Waals surface area contributed by atoms with E-state index in [-0.39, 0.29) is 37.4 Å². The van der Waals surface area contributed by atoms with Gasteiger partial charge in [-0.05, 0) is 54.2 Å². The van der Waals surface area contributed by atoms with Gasteiger partial charge in [0.05, 0.1) is 24.9 Å². The van der Waals surface area contributed by atoms with Crippen LogP contribution in [0.1, 0.15) is 54.9 Å². The number of aliphatic hydroxyl groups is 2. The number of hydrogen-bond donors (Lipinski definition) is 2. The second-order valence-corrected chi connectivity index (χ2v) is 12.1. The molecule has 8 nitrogen and oxygen atoms in total. The third-order valence-electron chi connectivity index (χ3n) is 9.35. The zero-order valence-corrected chi connectivity index (χ0v) is 25.1. The van der Waals surface area contributed by atoms with Gasteiger partial charge in [0.15, 0.2) is 5.60 Å². The molecule has 0 aromatic heterocycles. The molecule has 1 saturated heterocycles. The van der Waals surface area contributed by atoms with Gasteiger partial charge in [0.1, 0.15) is 0 Å². The number of carbonyl (C=O) groups is 3. The first kappa shape index (κ1) is 29.8. The van der Waals surface area contributed by atoms with Crippen molar-refractivity contribution in [2.75, 3.05) is 23.0 Å². The van der Waals surface area contributed by atoms with Gasteiger partial charge in [-0.3, -0.25) is 14.4 Å². The summed E-state index contributed by atoms with van der Waals surface area (Å²) in [5.74, 6) is -0.984. The van der Waals surface area contributed by atoms with Crippen LogP contribution in [0.2, 0.25) is 0 Å². The Hall–Kier alpha value is -4.27. The Morgan fingerprint density at radius 2 is 1.73 bits per heavy atom. The monoisotopic (exact) mass is 593 g/mol. The van der Waals surface area contributed by atoms with Crippen LogP contribution in [0.25, 0.3) is 0 Å². The van der Waals surface area contributed by atoms with Gasteiger partial charge in [-0.15, -0.1) is 0 Å². The SMILES string of the molecule is C[C@@H](/C=C/CC(=O)N1Cc2ccccc2C[C@H]1CO)[C@]1(O)C(=O)N(Cc2ccc(N3CCCCC3=O)cc2)c2ccccc21. The van der Waals surface area contributed by atoms with Gasteiger partial charge in [-0.2, -0.15) is 0 Å². The van der Waals surface area contributed by atoms with Crippen LogP contribution >= 0.6 is 0 Å². The van der Waals surface area contributed by atoms with Crippen LogP contribution in [0.5, 0.6) is 0 Å². The van der Waals surface area contributed by atoms with Crippen molar-refractivity contribution in [3.8, 4) is 0 Å². The van der Waals surface area contributed by atoms with Gasteiger partial charge in [0.2, 0.25) is 11.8 Å². The van der Waals surface area contributed by atoms with E-state index in [1.165, 1.54) is 0 Å². The third kappa shape index (κ3) is 5.44. The van der Waals surface area contributed by atoms with Crippen LogP contribution in [0.4, 0.5) is 11.4 Å². The summed E-state index contributed by atoms with van der Waals surface area (Å²) in [4.78, 5) is 44.6. The van der Waals surface area contributed by atoms with Crippen molar-refractivity contribution in [2.45, 2.75) is 63.8 Å². The summed E-state index contributed by atoms with van der Waals surface area (Å²) in [6, 6.07) is 22.7. The summed E-state index contributed by atoms with van der Waals surface area (Å²) in [5.41, 5.74) is 3.39. The highest BCUT2D eigenvalue weighted by molar-refractivity contribution is 6.07. The molecule has 0 saturated carbocycles. The number of nitrogens with zero attached hydrogens (tertiary/aromatic N) is 3. The maximum Gasteiger partial charge on any atom is 0.264 e. The molecule has 3 aliphatic heterocycles. The number of para-hydroxylation sites is 1. The number of amides is 3. The molecule has 1 fully saturated rings. The van der Waals surface area contributed by atoms with Gasteiger partial charge in [0.25, 0.3) is 5.91 Å². The van der Waals surface area contributed by atoms with E-state index in [0.29, 0.717) is 37.2 Å². The van der Waals surface area contributed by atoms with Gasteiger partial charge < -0.3 is 24.9 Å². The third-order valence-corrected chi connectivity index (χ3v) is 9.35. The summed E-state index contributed by atoms with van der Waals surface area (Å²) in [7, 11) is 0. The first-order chi connectivity index (χ1) is 21.3. The number of hydrogen-bond acceptors (Lipinski definition) is 5.